The number of β-lactam (4-membered cyclic amide) rings is 1. The fourth-order valence-corrected chi connectivity index (χ4v) is 8.33. The van der Waals surface area contributed by atoms with Gasteiger partial charge in [0.25, 0.3) is 0 Å². The first-order chi connectivity index (χ1) is 18.6. The van der Waals surface area contributed by atoms with Crippen LogP contribution in [-0.2, 0) is 14.4 Å². The number of hydrogen-bond donors (Lipinski definition) is 2. The molecule has 2 fully saturated rings. The number of carbonyl (C=O) groups is 3. The van der Waals surface area contributed by atoms with Crippen molar-refractivity contribution >= 4 is 80.8 Å². The number of hydrogen-bond acceptors (Lipinski definition) is 8. The lowest BCUT2D eigenvalue weighted by molar-refractivity contribution is -0.159. The van der Waals surface area contributed by atoms with E-state index in [0.717, 1.165) is 0 Å². The molecule has 2 aliphatic rings. The molecule has 2 unspecified atom stereocenters. The average Bonchev–Trinajstić information content (AvgIpc) is 3.43. The zero-order valence-electron chi connectivity index (χ0n) is 20.4. The summed E-state index contributed by atoms with van der Waals surface area (Å²) < 4.78 is 6.06. The van der Waals surface area contributed by atoms with Crippen LogP contribution >= 0.6 is 58.1 Å². The number of phenolic OH excluding ortho intramolecular Hbond substituents is 1. The highest BCUT2D eigenvalue weighted by Crippen LogP contribution is 2.47. The molecule has 39 heavy (non-hydrogen) atoms. The number of thioether (sulfide) groups is 1. The van der Waals surface area contributed by atoms with Crippen LogP contribution in [0.1, 0.15) is 6.92 Å². The van der Waals surface area contributed by atoms with Crippen molar-refractivity contribution in [3.05, 3.63) is 64.0 Å². The Bertz CT molecular complexity index is 1440. The molecule has 2 N–H and O–H groups in total. The Morgan fingerprint density at radius 2 is 1.90 bits per heavy atom. The number of anilines is 1. The molecule has 2 saturated heterocycles. The number of carboxylic acids is 1. The molecule has 0 radical (unpaired) electrons. The van der Waals surface area contributed by atoms with E-state index in [2.05, 4.69) is 0 Å². The van der Waals surface area contributed by atoms with Crippen molar-refractivity contribution < 1.29 is 29.3 Å². The second kappa shape index (κ2) is 11.1. The van der Waals surface area contributed by atoms with Crippen molar-refractivity contribution in [1.82, 2.24) is 4.90 Å². The first-order valence-corrected chi connectivity index (χ1v) is 15.2. The van der Waals surface area contributed by atoms with Gasteiger partial charge in [0, 0.05) is 29.3 Å². The van der Waals surface area contributed by atoms with Crippen molar-refractivity contribution in [2.45, 2.75) is 28.1 Å². The number of carboxylic acid groups (broad SMARTS) is 1. The predicted molar refractivity (Wildman–Crippen MR) is 153 cm³/mol. The molecule has 0 spiro atoms. The van der Waals surface area contributed by atoms with Crippen molar-refractivity contribution in [3.8, 4) is 11.5 Å². The minimum Gasteiger partial charge on any atom is -0.507 e. The molecule has 0 bridgehead atoms. The highest BCUT2D eigenvalue weighted by molar-refractivity contribution is 8.00. The Morgan fingerprint density at radius 1 is 1.18 bits per heavy atom. The number of ether oxygens (including phenoxy) is 1. The number of thiophene rings is 1. The minimum atomic E-state index is -1.37. The molecule has 0 saturated carbocycles. The summed E-state index contributed by atoms with van der Waals surface area (Å²) in [6, 6.07) is 12.5. The van der Waals surface area contributed by atoms with Gasteiger partial charge in [-0.25, -0.2) is 0 Å². The SMILES string of the molecule is CC(=O)N(c1cccs1)C1C(=O)N2CC(COc3ccc(Cl)cc3Sc3cc(Cl)ccc3O)(C(=O)O)CS[C@H]12. The Balaban J connectivity index is 1.34. The normalized spacial score (nSPS) is 22.1. The lowest BCUT2D eigenvalue weighted by Gasteiger charge is -2.55. The zero-order chi connectivity index (χ0) is 27.9. The Kier molecular flexibility index (Phi) is 7.98. The summed E-state index contributed by atoms with van der Waals surface area (Å²) in [6.07, 6.45) is 0. The standard InChI is InChI=1S/C26H22Cl2N2O6S3/c1-14(31)30(21-3-2-8-37-21)22-23(33)29-11-26(25(34)35,13-38-24(22)29)12-36-18-7-5-16(28)10-20(18)39-19-9-15(27)4-6-17(19)32/h2-10,22,24,32H,11-13H2,1H3,(H,34,35)/t22?,24-,26?/m1/s1. The van der Waals surface area contributed by atoms with Crippen LogP contribution in [0, 0.1) is 5.41 Å². The van der Waals surface area contributed by atoms with Crippen LogP contribution in [0.5, 0.6) is 11.5 Å². The lowest BCUT2D eigenvalue weighted by atomic mass is 9.87. The molecule has 204 valence electrons. The lowest BCUT2D eigenvalue weighted by Crippen LogP contribution is -2.74. The van der Waals surface area contributed by atoms with E-state index >= 15 is 0 Å². The summed E-state index contributed by atoms with van der Waals surface area (Å²) in [5.74, 6) is -1.02. The predicted octanol–water partition coefficient (Wildman–Crippen LogP) is 5.70. The average molecular weight is 626 g/mol. The van der Waals surface area contributed by atoms with E-state index in [1.165, 1.54) is 57.7 Å². The van der Waals surface area contributed by atoms with Gasteiger partial charge in [0.15, 0.2) is 0 Å². The molecule has 5 rings (SSSR count). The highest BCUT2D eigenvalue weighted by Gasteiger charge is 2.60. The smallest absolute Gasteiger partial charge is 0.315 e. The van der Waals surface area contributed by atoms with E-state index in [1.807, 2.05) is 11.4 Å². The van der Waals surface area contributed by atoms with Crippen molar-refractivity contribution in [2.75, 3.05) is 23.8 Å². The van der Waals surface area contributed by atoms with Crippen LogP contribution in [0.3, 0.4) is 0 Å². The quantitative estimate of drug-likeness (QED) is 0.307. The second-order valence-electron chi connectivity index (χ2n) is 9.13. The summed E-state index contributed by atoms with van der Waals surface area (Å²) in [6.45, 7) is 1.18. The van der Waals surface area contributed by atoms with Gasteiger partial charge in [0.05, 0.1) is 14.8 Å². The van der Waals surface area contributed by atoms with E-state index in [9.17, 15) is 24.6 Å². The third-order valence-electron chi connectivity index (χ3n) is 6.48. The molecule has 3 heterocycles. The molecule has 2 amide bonds. The van der Waals surface area contributed by atoms with Gasteiger partial charge >= 0.3 is 5.97 Å². The first kappa shape index (κ1) is 28.0. The van der Waals surface area contributed by atoms with Crippen LogP contribution in [0.4, 0.5) is 5.00 Å². The van der Waals surface area contributed by atoms with E-state index in [4.69, 9.17) is 27.9 Å². The molecule has 3 atom stereocenters. The number of rotatable bonds is 8. The van der Waals surface area contributed by atoms with Gasteiger partial charge in [0.2, 0.25) is 11.8 Å². The third-order valence-corrected chi connectivity index (χ3v) is 10.5. The molecule has 13 heteroatoms. The maximum Gasteiger partial charge on any atom is 0.315 e. The van der Waals surface area contributed by atoms with Crippen molar-refractivity contribution in [2.24, 2.45) is 5.41 Å². The topological polar surface area (TPSA) is 107 Å². The van der Waals surface area contributed by atoms with Gasteiger partial charge in [-0.3, -0.25) is 19.3 Å². The number of amides is 2. The molecule has 1 aromatic heterocycles. The van der Waals surface area contributed by atoms with Crippen molar-refractivity contribution in [1.29, 1.82) is 0 Å². The zero-order valence-corrected chi connectivity index (χ0v) is 24.3. The largest absolute Gasteiger partial charge is 0.507 e. The fraction of sp³-hybridized carbons (Fsp3) is 0.269. The summed E-state index contributed by atoms with van der Waals surface area (Å²) in [4.78, 5) is 42.2. The maximum absolute atomic E-state index is 13.2. The summed E-state index contributed by atoms with van der Waals surface area (Å²) in [5, 5.41) is 23.5. The van der Waals surface area contributed by atoms with Gasteiger partial charge in [0.1, 0.15) is 34.9 Å². The molecule has 2 aromatic carbocycles. The summed E-state index contributed by atoms with van der Waals surface area (Å²) in [5.41, 5.74) is -1.37. The van der Waals surface area contributed by atoms with Crippen LogP contribution in [0.2, 0.25) is 10.0 Å². The van der Waals surface area contributed by atoms with E-state index in [1.54, 1.807) is 36.4 Å². The van der Waals surface area contributed by atoms with Crippen LogP contribution < -0.4 is 9.64 Å². The molecule has 2 aliphatic heterocycles. The fourth-order valence-electron chi connectivity index (χ4n) is 4.47. The van der Waals surface area contributed by atoms with Gasteiger partial charge in [-0.15, -0.1) is 23.1 Å². The molecular formula is C26H22Cl2N2O6S3. The van der Waals surface area contributed by atoms with E-state index < -0.39 is 17.4 Å². The van der Waals surface area contributed by atoms with Crippen LogP contribution in [0.25, 0.3) is 0 Å². The molecule has 8 nitrogen and oxygen atoms in total. The number of aromatic hydroxyl groups is 1. The third kappa shape index (κ3) is 5.43. The number of carbonyl (C=O) groups excluding carboxylic acids is 2. The van der Waals surface area contributed by atoms with Crippen molar-refractivity contribution in [3.63, 3.8) is 0 Å². The number of phenols is 1. The maximum atomic E-state index is 13.2. The van der Waals surface area contributed by atoms with Gasteiger partial charge in [-0.2, -0.15) is 0 Å². The van der Waals surface area contributed by atoms with E-state index in [0.29, 0.717) is 30.6 Å². The number of halogens is 2. The summed E-state index contributed by atoms with van der Waals surface area (Å²) in [7, 11) is 0. The number of aliphatic carboxylic acids is 1. The molecule has 3 aromatic rings. The molecular weight excluding hydrogens is 603 g/mol. The minimum absolute atomic E-state index is 0.0278. The van der Waals surface area contributed by atoms with Gasteiger partial charge < -0.3 is 19.8 Å². The monoisotopic (exact) mass is 624 g/mol. The van der Waals surface area contributed by atoms with Crippen LogP contribution in [0.15, 0.2) is 63.7 Å². The van der Waals surface area contributed by atoms with Gasteiger partial charge in [-0.05, 0) is 53.9 Å². The van der Waals surface area contributed by atoms with E-state index in [-0.39, 0.29) is 41.8 Å². The highest BCUT2D eigenvalue weighted by atomic mass is 35.5. The summed E-state index contributed by atoms with van der Waals surface area (Å²) >= 11 is 16.2. The second-order valence-corrected chi connectivity index (χ2v) is 13.1. The van der Waals surface area contributed by atoms with Crippen LogP contribution in [-0.4, -0.2) is 63.2 Å². The Hall–Kier alpha value is -2.57. The number of fused-ring (bicyclic) bond motifs is 1. The number of nitrogens with zero attached hydrogens (tertiary/aromatic N) is 2. The Morgan fingerprint density at radius 3 is 2.56 bits per heavy atom. The Labute approximate surface area is 246 Å². The van der Waals surface area contributed by atoms with Gasteiger partial charge in [-0.1, -0.05) is 35.0 Å². The number of benzene rings is 2. The first-order valence-electron chi connectivity index (χ1n) is 11.7. The molecule has 0 aliphatic carbocycles.